The molecule has 1 amide bonds. The first-order valence-electron chi connectivity index (χ1n) is 5.13. The molecule has 0 radical (unpaired) electrons. The van der Waals surface area contributed by atoms with Crippen molar-refractivity contribution in [3.63, 3.8) is 0 Å². The fourth-order valence-corrected chi connectivity index (χ4v) is 2.05. The standard InChI is InChI=1S/C9H12N4O3/c10-8(14)7-5-12(6-3-1-2-4-6)11-9(7)13(15)16/h5-6H,1-4H2,(H2,10,14). The highest BCUT2D eigenvalue weighted by Crippen LogP contribution is 2.30. The summed E-state index contributed by atoms with van der Waals surface area (Å²) < 4.78 is 1.51. The molecule has 0 aliphatic heterocycles. The van der Waals surface area contributed by atoms with E-state index in [0.717, 1.165) is 25.7 Å². The molecule has 0 atom stereocenters. The lowest BCUT2D eigenvalue weighted by Crippen LogP contribution is -2.12. The smallest absolute Gasteiger partial charge is 0.365 e. The van der Waals surface area contributed by atoms with Gasteiger partial charge < -0.3 is 15.8 Å². The molecule has 7 heteroatoms. The minimum absolute atomic E-state index is 0.114. The molecule has 0 bridgehead atoms. The monoisotopic (exact) mass is 224 g/mol. The number of amides is 1. The number of rotatable bonds is 3. The summed E-state index contributed by atoms with van der Waals surface area (Å²) in [6.45, 7) is 0. The molecule has 1 aromatic heterocycles. The normalized spacial score (nSPS) is 16.5. The highest BCUT2D eigenvalue weighted by atomic mass is 16.6. The highest BCUT2D eigenvalue weighted by molar-refractivity contribution is 5.95. The SMILES string of the molecule is NC(=O)c1cn(C2CCCC2)nc1[N+](=O)[O-]. The minimum Gasteiger partial charge on any atom is -0.365 e. The zero-order valence-electron chi connectivity index (χ0n) is 8.63. The second-order valence-corrected chi connectivity index (χ2v) is 3.91. The molecular weight excluding hydrogens is 212 g/mol. The topological polar surface area (TPSA) is 104 Å². The van der Waals surface area contributed by atoms with Crippen LogP contribution < -0.4 is 5.73 Å². The van der Waals surface area contributed by atoms with Crippen LogP contribution in [0.1, 0.15) is 42.1 Å². The van der Waals surface area contributed by atoms with Crippen molar-refractivity contribution in [1.29, 1.82) is 0 Å². The number of nitrogens with two attached hydrogens (primary N) is 1. The van der Waals surface area contributed by atoms with Gasteiger partial charge in [-0.25, -0.2) is 0 Å². The van der Waals surface area contributed by atoms with Gasteiger partial charge in [0.05, 0.1) is 17.3 Å². The Hall–Kier alpha value is -1.92. The molecule has 0 saturated heterocycles. The molecular formula is C9H12N4O3. The van der Waals surface area contributed by atoms with Crippen LogP contribution in [0, 0.1) is 10.1 Å². The Morgan fingerprint density at radius 1 is 1.56 bits per heavy atom. The number of carbonyl (C=O) groups excluding carboxylic acids is 1. The molecule has 2 rings (SSSR count). The van der Waals surface area contributed by atoms with E-state index >= 15 is 0 Å². The maximum atomic E-state index is 11.0. The summed E-state index contributed by atoms with van der Waals surface area (Å²) >= 11 is 0. The maximum Gasteiger partial charge on any atom is 0.402 e. The number of aromatic nitrogens is 2. The Balaban J connectivity index is 2.37. The van der Waals surface area contributed by atoms with Gasteiger partial charge >= 0.3 is 5.82 Å². The van der Waals surface area contributed by atoms with Gasteiger partial charge in [0.15, 0.2) is 5.56 Å². The van der Waals surface area contributed by atoms with Gasteiger partial charge in [0.2, 0.25) is 0 Å². The fourth-order valence-electron chi connectivity index (χ4n) is 2.05. The molecule has 86 valence electrons. The molecule has 1 fully saturated rings. The number of hydrogen-bond acceptors (Lipinski definition) is 4. The van der Waals surface area contributed by atoms with Crippen molar-refractivity contribution in [2.75, 3.05) is 0 Å². The van der Waals surface area contributed by atoms with Crippen LogP contribution in [0.5, 0.6) is 0 Å². The first-order valence-corrected chi connectivity index (χ1v) is 5.13. The van der Waals surface area contributed by atoms with Gasteiger partial charge in [0.1, 0.15) is 0 Å². The molecule has 1 saturated carbocycles. The van der Waals surface area contributed by atoms with Crippen LogP contribution in [-0.2, 0) is 0 Å². The van der Waals surface area contributed by atoms with E-state index in [9.17, 15) is 14.9 Å². The van der Waals surface area contributed by atoms with Crippen molar-refractivity contribution in [1.82, 2.24) is 9.78 Å². The summed E-state index contributed by atoms with van der Waals surface area (Å²) in [5.41, 5.74) is 4.95. The molecule has 0 unspecified atom stereocenters. The molecule has 16 heavy (non-hydrogen) atoms. The summed E-state index contributed by atoms with van der Waals surface area (Å²) in [6, 6.07) is 0.159. The Morgan fingerprint density at radius 3 is 2.62 bits per heavy atom. The number of primary amides is 1. The van der Waals surface area contributed by atoms with Crippen LogP contribution in [0.3, 0.4) is 0 Å². The zero-order chi connectivity index (χ0) is 11.7. The van der Waals surface area contributed by atoms with Gasteiger partial charge in [-0.3, -0.25) is 4.79 Å². The molecule has 1 aliphatic carbocycles. The van der Waals surface area contributed by atoms with Gasteiger partial charge in [0.25, 0.3) is 5.91 Å². The zero-order valence-corrected chi connectivity index (χ0v) is 8.63. The van der Waals surface area contributed by atoms with Crippen LogP contribution in [0.15, 0.2) is 6.20 Å². The predicted molar refractivity (Wildman–Crippen MR) is 54.9 cm³/mol. The summed E-state index contributed by atoms with van der Waals surface area (Å²) in [6.07, 6.45) is 5.44. The average molecular weight is 224 g/mol. The third-order valence-electron chi connectivity index (χ3n) is 2.85. The van der Waals surface area contributed by atoms with E-state index < -0.39 is 16.6 Å². The second kappa shape index (κ2) is 3.92. The lowest BCUT2D eigenvalue weighted by molar-refractivity contribution is -0.390. The van der Waals surface area contributed by atoms with Crippen LogP contribution >= 0.6 is 0 Å². The Kier molecular flexibility index (Phi) is 2.59. The van der Waals surface area contributed by atoms with Crippen LogP contribution in [0.25, 0.3) is 0 Å². The number of nitrogens with zero attached hydrogens (tertiary/aromatic N) is 3. The van der Waals surface area contributed by atoms with Crippen molar-refractivity contribution < 1.29 is 9.72 Å². The predicted octanol–water partition coefficient (Wildman–Crippen LogP) is 1.01. The largest absolute Gasteiger partial charge is 0.402 e. The number of nitro groups is 1. The first kappa shape index (κ1) is 10.6. The molecule has 2 N–H and O–H groups in total. The van der Waals surface area contributed by atoms with Gasteiger partial charge in [-0.15, -0.1) is 0 Å². The van der Waals surface area contributed by atoms with Crippen molar-refractivity contribution in [3.8, 4) is 0 Å². The lowest BCUT2D eigenvalue weighted by Gasteiger charge is -2.03. The van der Waals surface area contributed by atoms with Gasteiger partial charge in [-0.05, 0) is 17.8 Å². The number of carbonyl (C=O) groups is 1. The molecule has 1 heterocycles. The lowest BCUT2D eigenvalue weighted by atomic mass is 10.2. The van der Waals surface area contributed by atoms with Crippen molar-refractivity contribution in [2.45, 2.75) is 31.7 Å². The average Bonchev–Trinajstić information content (AvgIpc) is 2.86. The van der Waals surface area contributed by atoms with Gasteiger partial charge in [0, 0.05) is 0 Å². The summed E-state index contributed by atoms with van der Waals surface area (Å²) in [5, 5.41) is 14.5. The van der Waals surface area contributed by atoms with E-state index in [0.29, 0.717) is 0 Å². The van der Waals surface area contributed by atoms with Crippen LogP contribution in [-0.4, -0.2) is 20.6 Å². The number of hydrogen-bond donors (Lipinski definition) is 1. The van der Waals surface area contributed by atoms with E-state index in [1.54, 1.807) is 0 Å². The van der Waals surface area contributed by atoms with Crippen molar-refractivity contribution >= 4 is 11.7 Å². The van der Waals surface area contributed by atoms with E-state index in [4.69, 9.17) is 5.73 Å². The quantitative estimate of drug-likeness (QED) is 0.610. The van der Waals surface area contributed by atoms with Crippen molar-refractivity contribution in [2.24, 2.45) is 5.73 Å². The van der Waals surface area contributed by atoms with Gasteiger partial charge in [-0.1, -0.05) is 12.8 Å². The second-order valence-electron chi connectivity index (χ2n) is 3.91. The molecule has 1 aliphatic rings. The molecule has 0 aromatic carbocycles. The summed E-state index contributed by atoms with van der Waals surface area (Å²) in [5.74, 6) is -1.25. The van der Waals surface area contributed by atoms with Crippen LogP contribution in [0.4, 0.5) is 5.82 Å². The highest BCUT2D eigenvalue weighted by Gasteiger charge is 2.29. The fraction of sp³-hybridized carbons (Fsp3) is 0.556. The summed E-state index contributed by atoms with van der Waals surface area (Å²) in [7, 11) is 0. The first-order chi connectivity index (χ1) is 7.59. The molecule has 7 nitrogen and oxygen atoms in total. The Bertz CT molecular complexity index is 402. The van der Waals surface area contributed by atoms with E-state index in [1.165, 1.54) is 10.9 Å². The molecule has 1 aromatic rings. The van der Waals surface area contributed by atoms with E-state index in [1.807, 2.05) is 0 Å². The van der Waals surface area contributed by atoms with Gasteiger partial charge in [-0.2, -0.15) is 4.68 Å². The third kappa shape index (κ3) is 1.75. The third-order valence-corrected chi connectivity index (χ3v) is 2.85. The Labute approximate surface area is 91.4 Å². The maximum absolute atomic E-state index is 11.0. The van der Waals surface area contributed by atoms with E-state index in [2.05, 4.69) is 5.10 Å². The Morgan fingerprint density at radius 2 is 2.19 bits per heavy atom. The van der Waals surface area contributed by atoms with E-state index in [-0.39, 0.29) is 11.6 Å². The summed E-state index contributed by atoms with van der Waals surface area (Å²) in [4.78, 5) is 21.0. The minimum atomic E-state index is -0.809. The van der Waals surface area contributed by atoms with Crippen molar-refractivity contribution in [3.05, 3.63) is 21.9 Å². The van der Waals surface area contributed by atoms with Crippen LogP contribution in [0.2, 0.25) is 0 Å². The molecule has 0 spiro atoms.